The maximum absolute atomic E-state index is 11.3. The summed E-state index contributed by atoms with van der Waals surface area (Å²) in [5, 5.41) is 14.2. The van der Waals surface area contributed by atoms with Crippen LogP contribution in [0.2, 0.25) is 36.3 Å². The molecule has 0 aliphatic carbocycles. The number of hydrogen-bond acceptors (Lipinski definition) is 1. The van der Waals surface area contributed by atoms with Crippen molar-refractivity contribution < 1.29 is 5.11 Å². The molecule has 0 amide bonds. The van der Waals surface area contributed by atoms with Gasteiger partial charge in [-0.15, -0.1) is 0 Å². The zero-order valence-corrected chi connectivity index (χ0v) is 19.6. The number of phenolic OH excluding ortho intramolecular Hbond substituents is 1. The van der Waals surface area contributed by atoms with Crippen molar-refractivity contribution in [2.45, 2.75) is 77.8 Å². The molecule has 0 unspecified atom stereocenters. The van der Waals surface area contributed by atoms with Crippen LogP contribution in [0.15, 0.2) is 36.7 Å². The Morgan fingerprint density at radius 2 is 1.19 bits per heavy atom. The maximum Gasteiger partial charge on any atom is 0.138 e. The highest BCUT2D eigenvalue weighted by atomic mass is 28.3. The van der Waals surface area contributed by atoms with Crippen molar-refractivity contribution in [2.75, 3.05) is 0 Å². The lowest BCUT2D eigenvalue weighted by molar-refractivity contribution is 0.476. The van der Waals surface area contributed by atoms with Crippen molar-refractivity contribution in [3.05, 3.63) is 36.7 Å². The van der Waals surface area contributed by atoms with Crippen molar-refractivity contribution in [2.24, 2.45) is 0 Å². The monoisotopic (exact) mass is 387 g/mol. The van der Waals surface area contributed by atoms with E-state index < -0.39 is 16.1 Å². The molecule has 0 saturated carbocycles. The molecule has 0 atom stereocenters. The molecule has 1 aromatic carbocycles. The molecule has 0 bridgehead atoms. The van der Waals surface area contributed by atoms with Gasteiger partial charge in [-0.3, -0.25) is 0 Å². The fourth-order valence-electron chi connectivity index (χ4n) is 4.71. The van der Waals surface area contributed by atoms with Crippen LogP contribution < -0.4 is 10.4 Å². The predicted molar refractivity (Wildman–Crippen MR) is 121 cm³/mol. The Morgan fingerprint density at radius 3 is 1.62 bits per heavy atom. The highest BCUT2D eigenvalue weighted by Crippen LogP contribution is 2.30. The predicted octanol–water partition coefficient (Wildman–Crippen LogP) is 5.61. The van der Waals surface area contributed by atoms with Gasteiger partial charge in [-0.25, -0.2) is 0 Å². The number of hydrogen-bond donors (Lipinski definition) is 1. The van der Waals surface area contributed by atoms with Gasteiger partial charge < -0.3 is 9.67 Å². The summed E-state index contributed by atoms with van der Waals surface area (Å²) in [4.78, 5) is 0. The van der Waals surface area contributed by atoms with Gasteiger partial charge in [0.1, 0.15) is 5.75 Å². The molecule has 1 N–H and O–H groups in total. The number of rotatable bonds is 9. The molecule has 2 nitrogen and oxygen atoms in total. The zero-order chi connectivity index (χ0) is 19.4. The lowest BCUT2D eigenvalue weighted by Crippen LogP contribution is -2.52. The van der Waals surface area contributed by atoms with E-state index in [9.17, 15) is 5.11 Å². The van der Waals surface area contributed by atoms with Crippen LogP contribution in [0.25, 0.3) is 5.69 Å². The minimum absolute atomic E-state index is 0.536. The van der Waals surface area contributed by atoms with Gasteiger partial charge >= 0.3 is 0 Å². The average molecular weight is 388 g/mol. The zero-order valence-electron chi connectivity index (χ0n) is 17.6. The number of aromatic hydroxyl groups is 1. The lowest BCUT2D eigenvalue weighted by atomic mass is 10.3. The molecule has 0 aliphatic heterocycles. The van der Waals surface area contributed by atoms with Gasteiger partial charge in [0.05, 0.1) is 21.8 Å². The third-order valence-electron chi connectivity index (χ3n) is 7.22. The summed E-state index contributed by atoms with van der Waals surface area (Å²) in [5.74, 6) is 0.536. The van der Waals surface area contributed by atoms with Gasteiger partial charge in [0.25, 0.3) is 0 Å². The summed E-state index contributed by atoms with van der Waals surface area (Å²) in [5.41, 5.74) is 0.988. The van der Waals surface area contributed by atoms with E-state index in [0.29, 0.717) is 5.75 Å². The Labute approximate surface area is 162 Å². The summed E-state index contributed by atoms with van der Waals surface area (Å²) in [6.45, 7) is 14.1. The standard InChI is InChI=1S/C22H37NOSi2/c1-7-25(8-2,9-3)19-17-20(23-15-13-14-16-23)22(24)21(18-19)26(10-4,11-5)12-6/h13-18,24H,7-12H2,1-6H3. The minimum atomic E-state index is -1.67. The average Bonchev–Trinajstić information content (AvgIpc) is 3.21. The van der Waals surface area contributed by atoms with Crippen LogP contribution in [0.3, 0.4) is 0 Å². The molecule has 1 aromatic heterocycles. The molecule has 0 saturated heterocycles. The molecule has 0 aliphatic rings. The SMILES string of the molecule is CC[Si](CC)(CC)c1cc(-n2cccc2)c(O)c([Si](CC)(CC)CC)c1. The van der Waals surface area contributed by atoms with Gasteiger partial charge in [0, 0.05) is 12.4 Å². The largest absolute Gasteiger partial charge is 0.506 e. The summed E-state index contributed by atoms with van der Waals surface area (Å²) in [6, 6.07) is 16.2. The maximum atomic E-state index is 11.3. The van der Waals surface area contributed by atoms with Crippen LogP contribution in [0.1, 0.15) is 41.5 Å². The Hall–Kier alpha value is -1.27. The quantitative estimate of drug-likeness (QED) is 0.555. The Balaban J connectivity index is 2.84. The Morgan fingerprint density at radius 1 is 0.731 bits per heavy atom. The normalized spacial score (nSPS) is 12.5. The Kier molecular flexibility index (Phi) is 6.97. The van der Waals surface area contributed by atoms with Crippen LogP contribution >= 0.6 is 0 Å². The number of nitrogens with zero attached hydrogens (tertiary/aromatic N) is 1. The van der Waals surface area contributed by atoms with Gasteiger partial charge in [0.15, 0.2) is 0 Å². The highest BCUT2D eigenvalue weighted by Gasteiger charge is 2.36. The van der Waals surface area contributed by atoms with E-state index >= 15 is 0 Å². The van der Waals surface area contributed by atoms with Gasteiger partial charge in [-0.2, -0.15) is 0 Å². The lowest BCUT2D eigenvalue weighted by Gasteiger charge is -2.35. The fraction of sp³-hybridized carbons (Fsp3) is 0.545. The van der Waals surface area contributed by atoms with Crippen LogP contribution in [-0.2, 0) is 0 Å². The second-order valence-corrected chi connectivity index (χ2v) is 18.1. The summed E-state index contributed by atoms with van der Waals surface area (Å²) in [7, 11) is -3.18. The molecule has 2 aromatic rings. The van der Waals surface area contributed by atoms with E-state index in [1.54, 1.807) is 5.19 Å². The number of aromatic nitrogens is 1. The molecule has 1 heterocycles. The molecule has 144 valence electrons. The van der Waals surface area contributed by atoms with Gasteiger partial charge in [0.2, 0.25) is 0 Å². The minimum Gasteiger partial charge on any atom is -0.506 e. The van der Waals surface area contributed by atoms with E-state index in [4.69, 9.17) is 0 Å². The molecule has 0 spiro atoms. The smallest absolute Gasteiger partial charge is 0.138 e. The first kappa shape index (κ1) is 21.0. The van der Waals surface area contributed by atoms with E-state index in [2.05, 4.69) is 70.6 Å². The molecular weight excluding hydrogens is 350 g/mol. The third-order valence-corrected chi connectivity index (χ3v) is 18.4. The van der Waals surface area contributed by atoms with E-state index in [1.165, 1.54) is 41.5 Å². The van der Waals surface area contributed by atoms with Crippen molar-refractivity contribution >= 4 is 26.5 Å². The second kappa shape index (κ2) is 8.61. The molecule has 4 heteroatoms. The van der Waals surface area contributed by atoms with Gasteiger partial charge in [-0.05, 0) is 23.4 Å². The molecule has 0 radical (unpaired) electrons. The van der Waals surface area contributed by atoms with Crippen LogP contribution in [0, 0.1) is 0 Å². The van der Waals surface area contributed by atoms with E-state index in [-0.39, 0.29) is 0 Å². The summed E-state index contributed by atoms with van der Waals surface area (Å²) >= 11 is 0. The number of phenols is 1. The van der Waals surface area contributed by atoms with E-state index in [1.807, 2.05) is 12.1 Å². The molecule has 26 heavy (non-hydrogen) atoms. The first-order chi connectivity index (χ1) is 12.5. The van der Waals surface area contributed by atoms with Crippen molar-refractivity contribution in [3.63, 3.8) is 0 Å². The van der Waals surface area contributed by atoms with Gasteiger partial charge in [-0.1, -0.05) is 89.1 Å². The molecular formula is C22H37NOSi2. The van der Waals surface area contributed by atoms with Crippen molar-refractivity contribution in [1.29, 1.82) is 0 Å². The van der Waals surface area contributed by atoms with Crippen molar-refractivity contribution in [3.8, 4) is 11.4 Å². The highest BCUT2D eigenvalue weighted by molar-refractivity contribution is 6.95. The van der Waals surface area contributed by atoms with E-state index in [0.717, 1.165) is 5.69 Å². The Bertz CT molecular complexity index is 685. The fourth-order valence-corrected chi connectivity index (χ4v) is 12.2. The number of benzene rings is 1. The van der Waals surface area contributed by atoms with Crippen LogP contribution in [0.4, 0.5) is 0 Å². The third kappa shape index (κ3) is 3.46. The van der Waals surface area contributed by atoms with Crippen LogP contribution in [0.5, 0.6) is 5.75 Å². The summed E-state index contributed by atoms with van der Waals surface area (Å²) < 4.78 is 2.10. The first-order valence-electron chi connectivity index (χ1n) is 10.5. The van der Waals surface area contributed by atoms with Crippen molar-refractivity contribution in [1.82, 2.24) is 4.57 Å². The molecule has 0 fully saturated rings. The molecule has 2 rings (SSSR count). The van der Waals surface area contributed by atoms with Crippen LogP contribution in [-0.4, -0.2) is 25.8 Å². The first-order valence-corrected chi connectivity index (χ1v) is 15.7. The second-order valence-electron chi connectivity index (χ2n) is 7.66. The topological polar surface area (TPSA) is 25.2 Å². The summed E-state index contributed by atoms with van der Waals surface area (Å²) in [6.07, 6.45) is 4.12.